The fourth-order valence-electron chi connectivity index (χ4n) is 3.61. The van der Waals surface area contributed by atoms with Gasteiger partial charge in [-0.1, -0.05) is 6.42 Å². The Bertz CT molecular complexity index is 256. The van der Waals surface area contributed by atoms with Crippen LogP contribution in [0.4, 0.5) is 0 Å². The molecule has 1 N–H and O–H groups in total. The molecule has 1 unspecified atom stereocenters. The Balaban J connectivity index is 1.35. The minimum absolute atomic E-state index is 0.787. The van der Waals surface area contributed by atoms with E-state index in [1.54, 1.807) is 0 Å². The maximum Gasteiger partial charge on any atom is 0.0217 e. The van der Waals surface area contributed by atoms with Gasteiger partial charge in [-0.2, -0.15) is 0 Å². The first-order valence-corrected chi connectivity index (χ1v) is 8.00. The summed E-state index contributed by atoms with van der Waals surface area (Å²) >= 11 is 0. The molecule has 18 heavy (non-hydrogen) atoms. The molecule has 1 atom stereocenters. The monoisotopic (exact) mass is 251 g/mol. The Hall–Kier alpha value is -0.120. The molecule has 1 saturated carbocycles. The minimum atomic E-state index is 0.787. The van der Waals surface area contributed by atoms with Crippen molar-refractivity contribution in [2.24, 2.45) is 0 Å². The van der Waals surface area contributed by atoms with Crippen LogP contribution in [-0.2, 0) is 0 Å². The maximum absolute atomic E-state index is 3.83. The van der Waals surface area contributed by atoms with E-state index in [1.165, 1.54) is 71.1 Å². The Morgan fingerprint density at radius 1 is 0.944 bits per heavy atom. The van der Waals surface area contributed by atoms with Gasteiger partial charge in [-0.3, -0.25) is 0 Å². The third-order valence-electron chi connectivity index (χ3n) is 5.16. The molecule has 3 heteroatoms. The smallest absolute Gasteiger partial charge is 0.0217 e. The minimum Gasteiger partial charge on any atom is -0.312 e. The summed E-state index contributed by atoms with van der Waals surface area (Å²) < 4.78 is 0. The van der Waals surface area contributed by atoms with Crippen molar-refractivity contribution in [3.8, 4) is 0 Å². The molecule has 0 radical (unpaired) electrons. The molecule has 3 nitrogen and oxygen atoms in total. The summed E-state index contributed by atoms with van der Waals surface area (Å²) in [6.07, 6.45) is 9.88. The Morgan fingerprint density at radius 3 is 2.39 bits per heavy atom. The molecule has 0 amide bonds. The van der Waals surface area contributed by atoms with Gasteiger partial charge in [-0.15, -0.1) is 0 Å². The van der Waals surface area contributed by atoms with Crippen molar-refractivity contribution in [3.63, 3.8) is 0 Å². The lowest BCUT2D eigenvalue weighted by Gasteiger charge is -2.36. The van der Waals surface area contributed by atoms with E-state index < -0.39 is 0 Å². The molecule has 3 aliphatic rings. The van der Waals surface area contributed by atoms with Crippen LogP contribution in [0.3, 0.4) is 0 Å². The number of likely N-dealkylation sites (N-methyl/N-ethyl adjacent to an activating group) is 1. The van der Waals surface area contributed by atoms with Crippen molar-refractivity contribution in [1.29, 1.82) is 0 Å². The standard InChI is InChI=1S/C15H29N3/c1-17-9-3-2-4-15(17)12-16-13-7-10-18(11-8-13)14-5-6-14/h13-16H,2-12H2,1H3. The normalized spacial score (nSPS) is 32.8. The van der Waals surface area contributed by atoms with E-state index in [9.17, 15) is 0 Å². The highest BCUT2D eigenvalue weighted by atomic mass is 15.2. The zero-order valence-corrected chi connectivity index (χ0v) is 11.9. The zero-order valence-electron chi connectivity index (χ0n) is 11.9. The van der Waals surface area contributed by atoms with E-state index in [0.29, 0.717) is 0 Å². The molecule has 2 aliphatic heterocycles. The van der Waals surface area contributed by atoms with Crippen molar-refractivity contribution in [2.45, 2.75) is 63.1 Å². The maximum atomic E-state index is 3.83. The quantitative estimate of drug-likeness (QED) is 0.820. The highest BCUT2D eigenvalue weighted by Crippen LogP contribution is 2.29. The third kappa shape index (κ3) is 3.25. The Labute approximate surface area is 112 Å². The van der Waals surface area contributed by atoms with E-state index in [0.717, 1.165) is 18.1 Å². The molecular weight excluding hydrogens is 222 g/mol. The summed E-state index contributed by atoms with van der Waals surface area (Å²) in [6, 6.07) is 2.55. The second kappa shape index (κ2) is 5.89. The number of nitrogens with one attached hydrogen (secondary N) is 1. The second-order valence-electron chi connectivity index (χ2n) is 6.58. The van der Waals surface area contributed by atoms with Gasteiger partial charge in [0.1, 0.15) is 0 Å². The van der Waals surface area contributed by atoms with Crippen molar-refractivity contribution in [3.05, 3.63) is 0 Å². The number of nitrogens with zero attached hydrogens (tertiary/aromatic N) is 2. The average Bonchev–Trinajstić information content (AvgIpc) is 3.23. The second-order valence-corrected chi connectivity index (χ2v) is 6.58. The molecule has 2 saturated heterocycles. The van der Waals surface area contributed by atoms with E-state index in [-0.39, 0.29) is 0 Å². The summed E-state index contributed by atoms with van der Waals surface area (Å²) in [6.45, 7) is 5.18. The van der Waals surface area contributed by atoms with Crippen LogP contribution in [0, 0.1) is 0 Å². The van der Waals surface area contributed by atoms with E-state index in [2.05, 4.69) is 22.2 Å². The van der Waals surface area contributed by atoms with Crippen LogP contribution in [-0.4, -0.2) is 61.2 Å². The van der Waals surface area contributed by atoms with E-state index >= 15 is 0 Å². The lowest BCUT2D eigenvalue weighted by molar-refractivity contribution is 0.157. The first kappa shape index (κ1) is 12.9. The molecule has 104 valence electrons. The number of likely N-dealkylation sites (tertiary alicyclic amines) is 2. The number of hydrogen-bond donors (Lipinski definition) is 1. The van der Waals surface area contributed by atoms with Crippen LogP contribution in [0.25, 0.3) is 0 Å². The molecule has 3 rings (SSSR count). The summed E-state index contributed by atoms with van der Waals surface area (Å²) in [4.78, 5) is 5.26. The van der Waals surface area contributed by atoms with Crippen LogP contribution >= 0.6 is 0 Å². The van der Waals surface area contributed by atoms with Crippen molar-refractivity contribution in [1.82, 2.24) is 15.1 Å². The number of rotatable bonds is 4. The van der Waals surface area contributed by atoms with Gasteiger partial charge in [0.25, 0.3) is 0 Å². The first-order chi connectivity index (χ1) is 8.83. The first-order valence-electron chi connectivity index (χ1n) is 8.00. The molecule has 0 aromatic carbocycles. The fourth-order valence-corrected chi connectivity index (χ4v) is 3.61. The number of hydrogen-bond acceptors (Lipinski definition) is 3. The lowest BCUT2D eigenvalue weighted by Crippen LogP contribution is -2.49. The Morgan fingerprint density at radius 2 is 1.72 bits per heavy atom. The molecular formula is C15H29N3. The van der Waals surface area contributed by atoms with Gasteiger partial charge >= 0.3 is 0 Å². The molecule has 0 spiro atoms. The Kier molecular flexibility index (Phi) is 4.22. The van der Waals surface area contributed by atoms with Gasteiger partial charge in [-0.25, -0.2) is 0 Å². The van der Waals surface area contributed by atoms with Crippen LogP contribution in [0.15, 0.2) is 0 Å². The number of piperidine rings is 2. The summed E-state index contributed by atoms with van der Waals surface area (Å²) in [5.74, 6) is 0. The van der Waals surface area contributed by atoms with E-state index in [4.69, 9.17) is 0 Å². The fraction of sp³-hybridized carbons (Fsp3) is 1.00. The topological polar surface area (TPSA) is 18.5 Å². The highest BCUT2D eigenvalue weighted by Gasteiger charge is 2.31. The summed E-state index contributed by atoms with van der Waals surface area (Å²) in [7, 11) is 2.29. The van der Waals surface area contributed by atoms with Gasteiger partial charge in [0.15, 0.2) is 0 Å². The lowest BCUT2D eigenvalue weighted by atomic mass is 10.0. The molecule has 2 heterocycles. The predicted molar refractivity (Wildman–Crippen MR) is 75.9 cm³/mol. The molecule has 1 aliphatic carbocycles. The molecule has 3 fully saturated rings. The van der Waals surface area contributed by atoms with Gasteiger partial charge in [0.05, 0.1) is 0 Å². The van der Waals surface area contributed by atoms with Crippen LogP contribution in [0.5, 0.6) is 0 Å². The molecule has 0 aromatic heterocycles. The zero-order chi connectivity index (χ0) is 12.4. The van der Waals surface area contributed by atoms with Crippen molar-refractivity contribution < 1.29 is 0 Å². The van der Waals surface area contributed by atoms with Gasteiger partial charge in [-0.05, 0) is 65.2 Å². The third-order valence-corrected chi connectivity index (χ3v) is 5.16. The van der Waals surface area contributed by atoms with Gasteiger partial charge in [0.2, 0.25) is 0 Å². The van der Waals surface area contributed by atoms with Crippen molar-refractivity contribution in [2.75, 3.05) is 33.2 Å². The predicted octanol–water partition coefficient (Wildman–Crippen LogP) is 1.69. The van der Waals surface area contributed by atoms with Gasteiger partial charge in [0, 0.05) is 24.7 Å². The van der Waals surface area contributed by atoms with Crippen LogP contribution in [0.2, 0.25) is 0 Å². The van der Waals surface area contributed by atoms with Gasteiger partial charge < -0.3 is 15.1 Å². The largest absolute Gasteiger partial charge is 0.312 e. The summed E-state index contributed by atoms with van der Waals surface area (Å²) in [5, 5.41) is 3.83. The van der Waals surface area contributed by atoms with E-state index in [1.807, 2.05) is 0 Å². The van der Waals surface area contributed by atoms with Crippen LogP contribution < -0.4 is 5.32 Å². The molecule has 0 aromatic rings. The van der Waals surface area contributed by atoms with Crippen molar-refractivity contribution >= 4 is 0 Å². The van der Waals surface area contributed by atoms with Crippen LogP contribution in [0.1, 0.15) is 44.9 Å². The summed E-state index contributed by atoms with van der Waals surface area (Å²) in [5.41, 5.74) is 0. The average molecular weight is 251 g/mol. The SMILES string of the molecule is CN1CCCCC1CNC1CCN(C2CC2)CC1. The molecule has 0 bridgehead atoms. The highest BCUT2D eigenvalue weighted by molar-refractivity contribution is 4.89.